The molecule has 30 heavy (non-hydrogen) atoms. The number of aromatic nitrogens is 2. The Morgan fingerprint density at radius 2 is 1.83 bits per heavy atom. The van der Waals surface area contributed by atoms with Crippen LogP contribution in [0.3, 0.4) is 0 Å². The van der Waals surface area contributed by atoms with Gasteiger partial charge in [0.25, 0.3) is 0 Å². The first-order chi connectivity index (χ1) is 14.4. The maximum Gasteiger partial charge on any atom is 0.243 e. The van der Waals surface area contributed by atoms with Gasteiger partial charge in [-0.2, -0.15) is 9.40 Å². The van der Waals surface area contributed by atoms with E-state index >= 15 is 0 Å². The van der Waals surface area contributed by atoms with Gasteiger partial charge in [0.05, 0.1) is 22.8 Å². The van der Waals surface area contributed by atoms with Gasteiger partial charge in [0.2, 0.25) is 15.9 Å². The number of fused-ring (bicyclic) bond motifs is 1. The number of carbonyl (C=O) groups is 1. The molecule has 1 N–H and O–H groups in total. The number of rotatable bonds is 6. The molecular formula is C21H21ClN4O3S. The lowest BCUT2D eigenvalue weighted by atomic mass is 10.2. The summed E-state index contributed by atoms with van der Waals surface area (Å²) in [6.07, 6.45) is 2.68. The lowest BCUT2D eigenvalue weighted by molar-refractivity contribution is -0.116. The second kappa shape index (κ2) is 8.22. The van der Waals surface area contributed by atoms with Gasteiger partial charge in [-0.25, -0.2) is 13.1 Å². The molecule has 1 heterocycles. The SMILES string of the molecule is CN(CC(=O)Nc1c2c(nn1-c1ccccc1)CCC2)S(=O)(=O)c1ccc(Cl)cc1. The van der Waals surface area contributed by atoms with E-state index in [1.807, 2.05) is 30.3 Å². The van der Waals surface area contributed by atoms with Gasteiger partial charge >= 0.3 is 0 Å². The van der Waals surface area contributed by atoms with Crippen molar-refractivity contribution in [2.75, 3.05) is 18.9 Å². The van der Waals surface area contributed by atoms with Crippen LogP contribution in [0.4, 0.5) is 5.82 Å². The van der Waals surface area contributed by atoms with E-state index in [1.165, 1.54) is 31.3 Å². The zero-order chi connectivity index (χ0) is 21.3. The Kier molecular flexibility index (Phi) is 5.64. The number of carbonyl (C=O) groups excluding carboxylic acids is 1. The van der Waals surface area contributed by atoms with Crippen molar-refractivity contribution in [3.63, 3.8) is 0 Å². The van der Waals surface area contributed by atoms with E-state index in [9.17, 15) is 13.2 Å². The highest BCUT2D eigenvalue weighted by Gasteiger charge is 2.27. The maximum atomic E-state index is 12.8. The summed E-state index contributed by atoms with van der Waals surface area (Å²) in [6.45, 7) is -0.320. The second-order valence-electron chi connectivity index (χ2n) is 7.14. The average molecular weight is 445 g/mol. The summed E-state index contributed by atoms with van der Waals surface area (Å²) in [5.74, 6) is 0.179. The Labute approximate surface area is 180 Å². The molecule has 9 heteroatoms. The molecule has 0 aliphatic heterocycles. The summed E-state index contributed by atoms with van der Waals surface area (Å²) in [6, 6.07) is 15.4. The Bertz CT molecular complexity index is 1170. The number of nitrogens with zero attached hydrogens (tertiary/aromatic N) is 3. The fraction of sp³-hybridized carbons (Fsp3) is 0.238. The molecule has 0 saturated heterocycles. The molecule has 156 valence electrons. The number of benzene rings is 2. The monoisotopic (exact) mass is 444 g/mol. The minimum Gasteiger partial charge on any atom is -0.309 e. The molecular weight excluding hydrogens is 424 g/mol. The van der Waals surface area contributed by atoms with Crippen LogP contribution in [0.25, 0.3) is 5.69 Å². The van der Waals surface area contributed by atoms with Crippen LogP contribution < -0.4 is 5.32 Å². The summed E-state index contributed by atoms with van der Waals surface area (Å²) in [7, 11) is -2.43. The first kappa shape index (κ1) is 20.6. The summed E-state index contributed by atoms with van der Waals surface area (Å²) < 4.78 is 28.2. The van der Waals surface area contributed by atoms with Crippen molar-refractivity contribution in [1.82, 2.24) is 14.1 Å². The fourth-order valence-electron chi connectivity index (χ4n) is 3.52. The minimum atomic E-state index is -3.81. The molecule has 0 unspecified atom stereocenters. The van der Waals surface area contributed by atoms with Crippen LogP contribution in [0.2, 0.25) is 5.02 Å². The molecule has 0 radical (unpaired) electrons. The largest absolute Gasteiger partial charge is 0.309 e. The highest BCUT2D eigenvalue weighted by atomic mass is 35.5. The number of amides is 1. The van der Waals surface area contributed by atoms with Crippen molar-refractivity contribution in [3.05, 3.63) is 70.9 Å². The molecule has 4 rings (SSSR count). The van der Waals surface area contributed by atoms with Crippen molar-refractivity contribution in [3.8, 4) is 5.69 Å². The third-order valence-electron chi connectivity index (χ3n) is 5.05. The van der Waals surface area contributed by atoms with Gasteiger partial charge in [-0.3, -0.25) is 4.79 Å². The van der Waals surface area contributed by atoms with Crippen LogP contribution in [-0.4, -0.2) is 42.0 Å². The van der Waals surface area contributed by atoms with E-state index in [0.29, 0.717) is 10.8 Å². The van der Waals surface area contributed by atoms with E-state index in [2.05, 4.69) is 10.4 Å². The Morgan fingerprint density at radius 3 is 2.53 bits per heavy atom. The van der Waals surface area contributed by atoms with Crippen LogP contribution in [0, 0.1) is 0 Å². The molecule has 1 amide bonds. The Hall–Kier alpha value is -2.68. The smallest absolute Gasteiger partial charge is 0.243 e. The molecule has 1 aliphatic carbocycles. The molecule has 0 atom stereocenters. The number of nitrogens with one attached hydrogen (secondary N) is 1. The zero-order valence-electron chi connectivity index (χ0n) is 16.4. The highest BCUT2D eigenvalue weighted by Crippen LogP contribution is 2.31. The Balaban J connectivity index is 1.55. The van der Waals surface area contributed by atoms with Gasteiger partial charge in [-0.15, -0.1) is 0 Å². The third kappa shape index (κ3) is 3.98. The molecule has 7 nitrogen and oxygen atoms in total. The predicted octanol–water partition coefficient (Wildman–Crippen LogP) is 3.27. The molecule has 1 aromatic heterocycles. The molecule has 3 aromatic rings. The minimum absolute atomic E-state index is 0.0809. The number of likely N-dealkylation sites (N-methyl/N-ethyl adjacent to an activating group) is 1. The maximum absolute atomic E-state index is 12.8. The normalized spacial score (nSPS) is 13.4. The lowest BCUT2D eigenvalue weighted by Crippen LogP contribution is -2.35. The quantitative estimate of drug-likeness (QED) is 0.632. The van der Waals surface area contributed by atoms with Crippen LogP contribution in [0.5, 0.6) is 0 Å². The number of hydrogen-bond acceptors (Lipinski definition) is 4. The van der Waals surface area contributed by atoms with Gasteiger partial charge < -0.3 is 5.32 Å². The van der Waals surface area contributed by atoms with Crippen molar-refractivity contribution >= 4 is 33.3 Å². The van der Waals surface area contributed by atoms with Crippen molar-refractivity contribution in [2.45, 2.75) is 24.2 Å². The lowest BCUT2D eigenvalue weighted by Gasteiger charge is -2.17. The number of aryl methyl sites for hydroxylation is 1. The number of anilines is 1. The fourth-order valence-corrected chi connectivity index (χ4v) is 4.77. The Morgan fingerprint density at radius 1 is 1.13 bits per heavy atom. The molecule has 0 fully saturated rings. The van der Waals surface area contributed by atoms with Crippen LogP contribution >= 0.6 is 11.6 Å². The van der Waals surface area contributed by atoms with Crippen LogP contribution in [-0.2, 0) is 27.7 Å². The number of halogens is 1. The van der Waals surface area contributed by atoms with Crippen molar-refractivity contribution in [2.24, 2.45) is 0 Å². The highest BCUT2D eigenvalue weighted by molar-refractivity contribution is 7.89. The molecule has 2 aromatic carbocycles. The summed E-state index contributed by atoms with van der Waals surface area (Å²) in [4.78, 5) is 12.8. The molecule has 1 aliphatic rings. The van der Waals surface area contributed by atoms with E-state index in [1.54, 1.807) is 4.68 Å². The van der Waals surface area contributed by atoms with Crippen molar-refractivity contribution in [1.29, 1.82) is 0 Å². The standard InChI is InChI=1S/C21H21ClN4O3S/c1-25(30(28,29)17-12-10-15(22)11-13-17)14-20(27)23-21-18-8-5-9-19(18)24-26(21)16-6-3-2-4-7-16/h2-4,6-7,10-13H,5,8-9,14H2,1H3,(H,23,27). The van der Waals surface area contributed by atoms with Crippen molar-refractivity contribution < 1.29 is 13.2 Å². The zero-order valence-corrected chi connectivity index (χ0v) is 17.9. The van der Waals surface area contributed by atoms with Gasteiger partial charge in [0.15, 0.2) is 0 Å². The number of hydrogen-bond donors (Lipinski definition) is 1. The number of para-hydroxylation sites is 1. The molecule has 0 spiro atoms. The summed E-state index contributed by atoms with van der Waals surface area (Å²) in [5, 5.41) is 7.98. The first-order valence-corrected chi connectivity index (χ1v) is 11.4. The molecule has 0 bridgehead atoms. The third-order valence-corrected chi connectivity index (χ3v) is 7.12. The van der Waals surface area contributed by atoms with Gasteiger partial charge in [-0.05, 0) is 55.7 Å². The van der Waals surface area contributed by atoms with Crippen LogP contribution in [0.15, 0.2) is 59.5 Å². The topological polar surface area (TPSA) is 84.3 Å². The summed E-state index contributed by atoms with van der Waals surface area (Å²) in [5.41, 5.74) is 2.82. The van der Waals surface area contributed by atoms with E-state index in [4.69, 9.17) is 11.6 Å². The van der Waals surface area contributed by atoms with Gasteiger partial charge in [0.1, 0.15) is 5.82 Å². The molecule has 0 saturated carbocycles. The predicted molar refractivity (Wildman–Crippen MR) is 115 cm³/mol. The average Bonchev–Trinajstić information content (AvgIpc) is 3.31. The van der Waals surface area contributed by atoms with E-state index in [0.717, 1.165) is 40.5 Å². The first-order valence-electron chi connectivity index (χ1n) is 9.54. The number of sulfonamides is 1. The van der Waals surface area contributed by atoms with Gasteiger partial charge in [-0.1, -0.05) is 29.8 Å². The second-order valence-corrected chi connectivity index (χ2v) is 9.62. The van der Waals surface area contributed by atoms with Gasteiger partial charge in [0, 0.05) is 17.6 Å². The van der Waals surface area contributed by atoms with E-state index in [-0.39, 0.29) is 11.4 Å². The summed E-state index contributed by atoms with van der Waals surface area (Å²) >= 11 is 5.84. The van der Waals surface area contributed by atoms with E-state index < -0.39 is 15.9 Å². The van der Waals surface area contributed by atoms with Crippen LogP contribution in [0.1, 0.15) is 17.7 Å².